The minimum absolute atomic E-state index is 0.619. The molecule has 2 heterocycles. The van der Waals surface area contributed by atoms with Gasteiger partial charge in [-0.15, -0.1) is 0 Å². The molecule has 1 N–H and O–H groups in total. The maximum atomic E-state index is 5.45. The van der Waals surface area contributed by atoms with E-state index in [1.165, 1.54) is 19.4 Å². The molecular formula is C17H30N2O. The molecule has 0 saturated carbocycles. The number of rotatable bonds is 6. The highest BCUT2D eigenvalue weighted by atomic mass is 16.3. The van der Waals surface area contributed by atoms with Crippen LogP contribution in [0.4, 0.5) is 0 Å². The summed E-state index contributed by atoms with van der Waals surface area (Å²) in [6, 6.07) is 5.99. The van der Waals surface area contributed by atoms with Crippen LogP contribution < -0.4 is 5.32 Å². The molecule has 3 heteroatoms. The van der Waals surface area contributed by atoms with Gasteiger partial charge in [-0.2, -0.15) is 0 Å². The van der Waals surface area contributed by atoms with Gasteiger partial charge in [0.25, 0.3) is 0 Å². The third-order valence-electron chi connectivity index (χ3n) is 4.72. The molecule has 0 amide bonds. The third-order valence-corrected chi connectivity index (χ3v) is 4.72. The van der Waals surface area contributed by atoms with Gasteiger partial charge in [0.05, 0.1) is 6.26 Å². The van der Waals surface area contributed by atoms with E-state index in [9.17, 15) is 0 Å². The van der Waals surface area contributed by atoms with Crippen molar-refractivity contribution in [1.29, 1.82) is 0 Å². The van der Waals surface area contributed by atoms with Gasteiger partial charge in [0.15, 0.2) is 0 Å². The van der Waals surface area contributed by atoms with Crippen LogP contribution in [0.15, 0.2) is 22.8 Å². The number of furan rings is 1. The Morgan fingerprint density at radius 2 is 2.20 bits per heavy atom. The number of aryl methyl sites for hydroxylation is 1. The number of hydrogen-bond donors (Lipinski definition) is 1. The van der Waals surface area contributed by atoms with Gasteiger partial charge < -0.3 is 9.73 Å². The fourth-order valence-electron chi connectivity index (χ4n) is 3.18. The zero-order valence-electron chi connectivity index (χ0n) is 13.4. The Hall–Kier alpha value is -0.800. The van der Waals surface area contributed by atoms with E-state index in [1.807, 2.05) is 6.07 Å². The summed E-state index contributed by atoms with van der Waals surface area (Å²) >= 11 is 0. The normalized spacial score (nSPS) is 26.1. The van der Waals surface area contributed by atoms with Gasteiger partial charge in [-0.05, 0) is 37.8 Å². The monoisotopic (exact) mass is 278 g/mol. The summed E-state index contributed by atoms with van der Waals surface area (Å²) in [5, 5.41) is 3.71. The summed E-state index contributed by atoms with van der Waals surface area (Å²) < 4.78 is 5.45. The number of piperazine rings is 1. The van der Waals surface area contributed by atoms with E-state index < -0.39 is 0 Å². The van der Waals surface area contributed by atoms with E-state index >= 15 is 0 Å². The molecule has 1 aliphatic heterocycles. The second kappa shape index (κ2) is 7.28. The van der Waals surface area contributed by atoms with Crippen LogP contribution >= 0.6 is 0 Å². The molecule has 1 saturated heterocycles. The first kappa shape index (κ1) is 15.6. The lowest BCUT2D eigenvalue weighted by Gasteiger charge is -2.44. The standard InChI is InChI=1S/C17H30N2O/c1-5-15-11-18-17(13(2)3)12-19(15)14(4)8-9-16-7-6-10-20-16/h6-7,10,13-15,17-18H,5,8-9,11-12H2,1-4H3. The Morgan fingerprint density at radius 1 is 1.40 bits per heavy atom. The molecule has 114 valence electrons. The summed E-state index contributed by atoms with van der Waals surface area (Å²) in [6.07, 6.45) is 5.22. The topological polar surface area (TPSA) is 28.4 Å². The molecule has 3 unspecified atom stereocenters. The van der Waals surface area contributed by atoms with E-state index in [-0.39, 0.29) is 0 Å². The van der Waals surface area contributed by atoms with Crippen molar-refractivity contribution >= 4 is 0 Å². The van der Waals surface area contributed by atoms with Crippen LogP contribution in [0.1, 0.15) is 46.3 Å². The quantitative estimate of drug-likeness (QED) is 0.865. The van der Waals surface area contributed by atoms with E-state index in [2.05, 4.69) is 44.0 Å². The third kappa shape index (κ3) is 3.86. The molecule has 0 aliphatic carbocycles. The van der Waals surface area contributed by atoms with Gasteiger partial charge in [0.1, 0.15) is 5.76 Å². The molecule has 1 fully saturated rings. The fourth-order valence-corrected chi connectivity index (χ4v) is 3.18. The first-order valence-corrected chi connectivity index (χ1v) is 8.13. The largest absolute Gasteiger partial charge is 0.469 e. The van der Waals surface area contributed by atoms with Gasteiger partial charge in [-0.25, -0.2) is 0 Å². The second-order valence-corrected chi connectivity index (χ2v) is 6.48. The van der Waals surface area contributed by atoms with Crippen LogP contribution in [-0.2, 0) is 6.42 Å². The maximum Gasteiger partial charge on any atom is 0.103 e. The minimum Gasteiger partial charge on any atom is -0.469 e. The van der Waals surface area contributed by atoms with Gasteiger partial charge in [0, 0.05) is 37.6 Å². The van der Waals surface area contributed by atoms with Crippen molar-refractivity contribution in [3.05, 3.63) is 24.2 Å². The maximum absolute atomic E-state index is 5.45. The molecule has 20 heavy (non-hydrogen) atoms. The van der Waals surface area contributed by atoms with E-state index in [0.717, 1.165) is 18.7 Å². The summed E-state index contributed by atoms with van der Waals surface area (Å²) in [5.74, 6) is 1.81. The van der Waals surface area contributed by atoms with Gasteiger partial charge >= 0.3 is 0 Å². The first-order chi connectivity index (χ1) is 9.61. The molecular weight excluding hydrogens is 248 g/mol. The highest BCUT2D eigenvalue weighted by Gasteiger charge is 2.30. The van der Waals surface area contributed by atoms with Crippen LogP contribution in [0.25, 0.3) is 0 Å². The highest BCUT2D eigenvalue weighted by molar-refractivity contribution is 4.99. The Labute approximate surface area is 123 Å². The van der Waals surface area contributed by atoms with Crippen molar-refractivity contribution in [1.82, 2.24) is 10.2 Å². The zero-order chi connectivity index (χ0) is 14.5. The Bertz CT molecular complexity index is 374. The molecule has 0 radical (unpaired) electrons. The highest BCUT2D eigenvalue weighted by Crippen LogP contribution is 2.20. The van der Waals surface area contributed by atoms with E-state index in [4.69, 9.17) is 4.42 Å². The summed E-state index contributed by atoms with van der Waals surface area (Å²) in [6.45, 7) is 11.6. The zero-order valence-corrected chi connectivity index (χ0v) is 13.4. The van der Waals surface area contributed by atoms with Crippen molar-refractivity contribution in [3.8, 4) is 0 Å². The minimum atomic E-state index is 0.619. The molecule has 3 nitrogen and oxygen atoms in total. The summed E-state index contributed by atoms with van der Waals surface area (Å²) in [7, 11) is 0. The lowest BCUT2D eigenvalue weighted by atomic mass is 9.96. The smallest absolute Gasteiger partial charge is 0.103 e. The summed E-state index contributed by atoms with van der Waals surface area (Å²) in [5.41, 5.74) is 0. The average Bonchev–Trinajstić information content (AvgIpc) is 2.97. The van der Waals surface area contributed by atoms with E-state index in [0.29, 0.717) is 24.0 Å². The Kier molecular flexibility index (Phi) is 5.67. The molecule has 1 aromatic rings. The average molecular weight is 278 g/mol. The molecule has 0 aromatic carbocycles. The molecule has 0 spiro atoms. The van der Waals surface area contributed by atoms with E-state index in [1.54, 1.807) is 6.26 Å². The molecule has 2 rings (SSSR count). The molecule has 1 aromatic heterocycles. The second-order valence-electron chi connectivity index (χ2n) is 6.48. The molecule has 3 atom stereocenters. The van der Waals surface area contributed by atoms with Crippen LogP contribution in [0.2, 0.25) is 0 Å². The van der Waals surface area contributed by atoms with Crippen LogP contribution in [0.5, 0.6) is 0 Å². The number of nitrogens with zero attached hydrogens (tertiary/aromatic N) is 1. The van der Waals surface area contributed by atoms with Crippen molar-refractivity contribution < 1.29 is 4.42 Å². The van der Waals surface area contributed by atoms with Crippen molar-refractivity contribution in [3.63, 3.8) is 0 Å². The Balaban J connectivity index is 1.91. The SMILES string of the molecule is CCC1CNC(C(C)C)CN1C(C)CCc1ccco1. The number of hydrogen-bond acceptors (Lipinski definition) is 3. The van der Waals surface area contributed by atoms with Crippen LogP contribution in [0.3, 0.4) is 0 Å². The van der Waals surface area contributed by atoms with Crippen molar-refractivity contribution in [2.45, 2.75) is 65.1 Å². The van der Waals surface area contributed by atoms with Crippen molar-refractivity contribution in [2.75, 3.05) is 13.1 Å². The molecule has 0 bridgehead atoms. The number of nitrogens with one attached hydrogen (secondary N) is 1. The predicted octanol–water partition coefficient (Wildman–Crippen LogP) is 3.31. The van der Waals surface area contributed by atoms with Gasteiger partial charge in [0.2, 0.25) is 0 Å². The lowest BCUT2D eigenvalue weighted by Crippen LogP contribution is -2.60. The predicted molar refractivity (Wildman–Crippen MR) is 83.9 cm³/mol. The van der Waals surface area contributed by atoms with Gasteiger partial charge in [-0.3, -0.25) is 4.90 Å². The first-order valence-electron chi connectivity index (χ1n) is 8.13. The van der Waals surface area contributed by atoms with Gasteiger partial charge in [-0.1, -0.05) is 20.8 Å². The fraction of sp³-hybridized carbons (Fsp3) is 0.765. The van der Waals surface area contributed by atoms with Crippen molar-refractivity contribution in [2.24, 2.45) is 5.92 Å². The lowest BCUT2D eigenvalue weighted by molar-refractivity contribution is 0.0698. The summed E-state index contributed by atoms with van der Waals surface area (Å²) in [4.78, 5) is 2.71. The van der Waals surface area contributed by atoms with Crippen LogP contribution in [-0.4, -0.2) is 36.1 Å². The van der Waals surface area contributed by atoms with Crippen LogP contribution in [0, 0.1) is 5.92 Å². The molecule has 1 aliphatic rings. The Morgan fingerprint density at radius 3 is 2.80 bits per heavy atom.